The number of amides is 1. The number of hydrogen-bond acceptors (Lipinski definition) is 6. The van der Waals surface area contributed by atoms with Gasteiger partial charge in [-0.15, -0.1) is 0 Å². The van der Waals surface area contributed by atoms with Crippen LogP contribution in [0.2, 0.25) is 10.0 Å². The molecular formula is C28H25Cl2F3N2O6. The summed E-state index contributed by atoms with van der Waals surface area (Å²) >= 11 is 12.2. The molecule has 0 fully saturated rings. The van der Waals surface area contributed by atoms with Gasteiger partial charge < -0.3 is 19.4 Å². The summed E-state index contributed by atoms with van der Waals surface area (Å²) in [6.45, 7) is 3.82. The van der Waals surface area contributed by atoms with Gasteiger partial charge in [-0.3, -0.25) is 14.4 Å². The maximum absolute atomic E-state index is 13.8. The van der Waals surface area contributed by atoms with Gasteiger partial charge in [0, 0.05) is 33.0 Å². The smallest absolute Gasteiger partial charge is 0.417 e. The first-order chi connectivity index (χ1) is 19.1. The maximum atomic E-state index is 13.8. The minimum atomic E-state index is -4.77. The van der Waals surface area contributed by atoms with Crippen LogP contribution in [0.25, 0.3) is 11.1 Å². The summed E-state index contributed by atoms with van der Waals surface area (Å²) in [5.74, 6) is -2.46. The number of pyridine rings is 1. The molecule has 2 atom stereocenters. The fourth-order valence-corrected chi connectivity index (χ4v) is 4.58. The van der Waals surface area contributed by atoms with Gasteiger partial charge in [0.2, 0.25) is 6.29 Å². The molecule has 1 aromatic heterocycles. The van der Waals surface area contributed by atoms with E-state index in [1.165, 1.54) is 63.4 Å². The highest BCUT2D eigenvalue weighted by Gasteiger charge is 2.36. The van der Waals surface area contributed by atoms with Crippen molar-refractivity contribution >= 4 is 41.0 Å². The van der Waals surface area contributed by atoms with Crippen LogP contribution in [0, 0.1) is 6.92 Å². The number of esters is 2. The molecule has 0 aliphatic rings. The number of aryl methyl sites for hydroxylation is 1. The SMILES string of the molecule is CC(=O)OC(C)OC(=O)C(Cc1ccc(-c2c(C(F)(F)F)cc(C)n(C)c2=O)cc1)NC(=O)c1c(Cl)cccc1Cl. The number of carbonyl (C=O) groups excluding carboxylic acids is 3. The first kappa shape index (κ1) is 31.7. The van der Waals surface area contributed by atoms with Gasteiger partial charge in [-0.25, -0.2) is 4.79 Å². The van der Waals surface area contributed by atoms with Crippen molar-refractivity contribution in [2.75, 3.05) is 0 Å². The summed E-state index contributed by atoms with van der Waals surface area (Å²) in [5.41, 5.74) is -1.96. The lowest BCUT2D eigenvalue weighted by Gasteiger charge is -2.21. The molecule has 1 N–H and O–H groups in total. The number of alkyl halides is 3. The van der Waals surface area contributed by atoms with E-state index < -0.39 is 53.0 Å². The number of nitrogens with zero attached hydrogens (tertiary/aromatic N) is 1. The summed E-state index contributed by atoms with van der Waals surface area (Å²) in [6.07, 6.45) is -6.23. The number of rotatable bonds is 8. The summed E-state index contributed by atoms with van der Waals surface area (Å²) < 4.78 is 52.4. The standard InChI is InChI=1S/C28H25Cl2F3N2O6/c1-14-12-19(28(31,32)33)23(26(38)35(14)4)18-10-8-17(9-11-18)13-22(27(39)41-16(3)40-15(2)36)34-25(37)24-20(29)6-5-7-21(24)30/h5-12,16,22H,13H2,1-4H3,(H,34,37). The second-order valence-electron chi connectivity index (χ2n) is 9.07. The van der Waals surface area contributed by atoms with Crippen LogP contribution >= 0.6 is 23.2 Å². The Morgan fingerprint density at radius 1 is 1.02 bits per heavy atom. The highest BCUT2D eigenvalue weighted by atomic mass is 35.5. The molecule has 2 unspecified atom stereocenters. The van der Waals surface area contributed by atoms with Gasteiger partial charge in [0.15, 0.2) is 0 Å². The Balaban J connectivity index is 1.95. The van der Waals surface area contributed by atoms with Crippen LogP contribution in [0.4, 0.5) is 13.2 Å². The summed E-state index contributed by atoms with van der Waals surface area (Å²) in [5, 5.41) is 2.55. The summed E-state index contributed by atoms with van der Waals surface area (Å²) in [6, 6.07) is 9.40. The quantitative estimate of drug-likeness (QED) is 0.267. The van der Waals surface area contributed by atoms with Gasteiger partial charge in [-0.05, 0) is 36.2 Å². The Morgan fingerprint density at radius 2 is 1.61 bits per heavy atom. The third-order valence-corrected chi connectivity index (χ3v) is 6.68. The number of ether oxygens (including phenoxy) is 2. The Kier molecular flexibility index (Phi) is 9.88. The van der Waals surface area contributed by atoms with Gasteiger partial charge in [0.05, 0.1) is 26.7 Å². The lowest BCUT2D eigenvalue weighted by Crippen LogP contribution is -2.44. The number of aromatic nitrogens is 1. The molecule has 1 heterocycles. The van der Waals surface area contributed by atoms with Crippen LogP contribution in [0.1, 0.15) is 41.0 Å². The molecule has 0 spiro atoms. The maximum Gasteiger partial charge on any atom is 0.417 e. The minimum Gasteiger partial charge on any atom is -0.426 e. The van der Waals surface area contributed by atoms with Crippen molar-refractivity contribution in [2.45, 2.75) is 45.7 Å². The van der Waals surface area contributed by atoms with Gasteiger partial charge in [-0.2, -0.15) is 13.2 Å². The third kappa shape index (κ3) is 7.68. The molecule has 0 aliphatic carbocycles. The molecule has 0 bridgehead atoms. The van der Waals surface area contributed by atoms with Crippen LogP contribution in [0.5, 0.6) is 0 Å². The Labute approximate surface area is 243 Å². The van der Waals surface area contributed by atoms with Crippen molar-refractivity contribution in [2.24, 2.45) is 7.05 Å². The first-order valence-electron chi connectivity index (χ1n) is 12.1. The molecule has 3 aromatic rings. The topological polar surface area (TPSA) is 104 Å². The highest BCUT2D eigenvalue weighted by molar-refractivity contribution is 6.39. The molecule has 218 valence electrons. The first-order valence-corrected chi connectivity index (χ1v) is 12.9. The largest absolute Gasteiger partial charge is 0.426 e. The number of halogens is 5. The van der Waals surface area contributed by atoms with Gasteiger partial charge in [-0.1, -0.05) is 53.5 Å². The predicted octanol–water partition coefficient (Wildman–Crippen LogP) is 5.48. The zero-order valence-corrected chi connectivity index (χ0v) is 23.8. The Hall–Kier alpha value is -3.83. The molecule has 2 aromatic carbocycles. The highest BCUT2D eigenvalue weighted by Crippen LogP contribution is 2.36. The van der Waals surface area contributed by atoms with Gasteiger partial charge in [0.25, 0.3) is 11.5 Å². The van der Waals surface area contributed by atoms with Crippen molar-refractivity contribution in [3.05, 3.63) is 91.3 Å². The number of hydrogen-bond donors (Lipinski definition) is 1. The van der Waals surface area contributed by atoms with E-state index in [9.17, 15) is 32.3 Å². The lowest BCUT2D eigenvalue weighted by molar-refractivity contribution is -0.184. The van der Waals surface area contributed by atoms with Crippen LogP contribution in [-0.4, -0.2) is 34.7 Å². The van der Waals surface area contributed by atoms with Gasteiger partial charge >= 0.3 is 18.1 Å². The molecule has 0 saturated heterocycles. The van der Waals surface area contributed by atoms with E-state index in [0.717, 1.165) is 17.6 Å². The second-order valence-corrected chi connectivity index (χ2v) is 9.89. The van der Waals surface area contributed by atoms with Crippen LogP contribution < -0.4 is 10.9 Å². The molecular weight excluding hydrogens is 588 g/mol. The van der Waals surface area contributed by atoms with Crippen molar-refractivity contribution in [3.8, 4) is 11.1 Å². The molecule has 0 radical (unpaired) electrons. The Bertz CT molecular complexity index is 1520. The molecule has 8 nitrogen and oxygen atoms in total. The van der Waals surface area contributed by atoms with Crippen LogP contribution in [0.15, 0.2) is 53.3 Å². The normalized spacial score (nSPS) is 12.8. The number of benzene rings is 2. The zero-order chi connectivity index (χ0) is 30.6. The van der Waals surface area contributed by atoms with Crippen molar-refractivity contribution < 1.29 is 37.0 Å². The number of carbonyl (C=O) groups is 3. The van der Waals surface area contributed by atoms with E-state index in [-0.39, 0.29) is 33.3 Å². The average Bonchev–Trinajstić information content (AvgIpc) is 2.86. The summed E-state index contributed by atoms with van der Waals surface area (Å²) in [7, 11) is 1.37. The fraction of sp³-hybridized carbons (Fsp3) is 0.286. The van der Waals surface area contributed by atoms with E-state index in [1.807, 2.05) is 0 Å². The van der Waals surface area contributed by atoms with E-state index >= 15 is 0 Å². The van der Waals surface area contributed by atoms with Crippen molar-refractivity contribution in [1.82, 2.24) is 9.88 Å². The zero-order valence-electron chi connectivity index (χ0n) is 22.3. The molecule has 0 aliphatic heterocycles. The molecule has 1 amide bonds. The Morgan fingerprint density at radius 3 is 2.15 bits per heavy atom. The van der Waals surface area contributed by atoms with Crippen LogP contribution in [-0.2, 0) is 38.7 Å². The lowest BCUT2D eigenvalue weighted by atomic mass is 9.97. The van der Waals surface area contributed by atoms with E-state index in [4.69, 9.17) is 32.7 Å². The van der Waals surface area contributed by atoms with Gasteiger partial charge in [0.1, 0.15) is 6.04 Å². The molecule has 13 heteroatoms. The minimum absolute atomic E-state index is 0.0103. The van der Waals surface area contributed by atoms with Crippen molar-refractivity contribution in [3.63, 3.8) is 0 Å². The second kappa shape index (κ2) is 12.8. The summed E-state index contributed by atoms with van der Waals surface area (Å²) in [4.78, 5) is 50.0. The van der Waals surface area contributed by atoms with Crippen LogP contribution in [0.3, 0.4) is 0 Å². The molecule has 3 rings (SSSR count). The molecule has 0 saturated carbocycles. The molecule has 41 heavy (non-hydrogen) atoms. The fourth-order valence-electron chi connectivity index (χ4n) is 4.01. The monoisotopic (exact) mass is 612 g/mol. The van der Waals surface area contributed by atoms with Crippen molar-refractivity contribution in [1.29, 1.82) is 0 Å². The predicted molar refractivity (Wildman–Crippen MR) is 146 cm³/mol. The number of nitrogens with one attached hydrogen (secondary N) is 1. The third-order valence-electron chi connectivity index (χ3n) is 6.05. The van der Waals surface area contributed by atoms with E-state index in [2.05, 4.69) is 5.32 Å². The van der Waals surface area contributed by atoms with E-state index in [0.29, 0.717) is 5.56 Å². The van der Waals surface area contributed by atoms with E-state index in [1.54, 1.807) is 0 Å². The average molecular weight is 613 g/mol.